The highest BCUT2D eigenvalue weighted by atomic mass is 79.9. The van der Waals surface area contributed by atoms with E-state index in [1.54, 1.807) is 6.07 Å². The van der Waals surface area contributed by atoms with Crippen molar-refractivity contribution in [1.29, 1.82) is 0 Å². The van der Waals surface area contributed by atoms with Crippen LogP contribution in [0.4, 0.5) is 5.69 Å². The third-order valence-corrected chi connectivity index (χ3v) is 3.24. The van der Waals surface area contributed by atoms with Crippen molar-refractivity contribution in [3.8, 4) is 11.5 Å². The van der Waals surface area contributed by atoms with Crippen molar-refractivity contribution in [2.45, 2.75) is 5.33 Å². The van der Waals surface area contributed by atoms with Gasteiger partial charge in [-0.3, -0.25) is 4.79 Å². The van der Waals surface area contributed by atoms with Gasteiger partial charge in [0.15, 0.2) is 0 Å². The number of rotatable bonds is 3. The highest BCUT2D eigenvalue weighted by molar-refractivity contribution is 9.08. The third-order valence-electron chi connectivity index (χ3n) is 2.64. The van der Waals surface area contributed by atoms with Crippen LogP contribution < -0.4 is 5.32 Å². The van der Waals surface area contributed by atoms with Gasteiger partial charge in [-0.2, -0.15) is 0 Å². The average Bonchev–Trinajstić information content (AvgIpc) is 2.39. The summed E-state index contributed by atoms with van der Waals surface area (Å²) in [5, 5.41) is 22.2. The second-order valence-corrected chi connectivity index (χ2v) is 4.51. The Balaban J connectivity index is 2.26. The number of carbonyl (C=O) groups excluding carboxylic acids is 1. The Morgan fingerprint density at radius 1 is 1.16 bits per heavy atom. The molecule has 0 unspecified atom stereocenters. The zero-order chi connectivity index (χ0) is 13.8. The fourth-order valence-corrected chi connectivity index (χ4v) is 2.15. The number of alkyl halides is 1. The van der Waals surface area contributed by atoms with E-state index in [4.69, 9.17) is 0 Å². The second kappa shape index (κ2) is 5.75. The van der Waals surface area contributed by atoms with E-state index in [2.05, 4.69) is 21.2 Å². The van der Waals surface area contributed by atoms with Gasteiger partial charge in [0.2, 0.25) is 0 Å². The van der Waals surface area contributed by atoms with Gasteiger partial charge in [-0.15, -0.1) is 0 Å². The van der Waals surface area contributed by atoms with Crippen molar-refractivity contribution in [3.05, 3.63) is 53.6 Å². The van der Waals surface area contributed by atoms with Gasteiger partial charge < -0.3 is 15.5 Å². The number of phenols is 2. The highest BCUT2D eigenvalue weighted by Crippen LogP contribution is 2.24. The van der Waals surface area contributed by atoms with Crippen molar-refractivity contribution in [3.63, 3.8) is 0 Å². The normalized spacial score (nSPS) is 10.2. The number of benzene rings is 2. The third kappa shape index (κ3) is 3.06. The molecule has 0 saturated carbocycles. The maximum Gasteiger partial charge on any atom is 0.259 e. The smallest absolute Gasteiger partial charge is 0.259 e. The molecule has 0 radical (unpaired) electrons. The molecule has 0 heterocycles. The number of hydrogen-bond acceptors (Lipinski definition) is 3. The van der Waals surface area contributed by atoms with Crippen LogP contribution in [0.1, 0.15) is 15.9 Å². The number of para-hydroxylation sites is 1. The molecule has 2 rings (SSSR count). The molecule has 0 spiro atoms. The van der Waals surface area contributed by atoms with Crippen LogP contribution in [-0.2, 0) is 5.33 Å². The number of halogens is 1. The van der Waals surface area contributed by atoms with Gasteiger partial charge in [0, 0.05) is 17.1 Å². The molecule has 1 amide bonds. The molecule has 0 aliphatic heterocycles. The lowest BCUT2D eigenvalue weighted by Crippen LogP contribution is -2.13. The summed E-state index contributed by atoms with van der Waals surface area (Å²) in [4.78, 5) is 12.0. The fourth-order valence-electron chi connectivity index (χ4n) is 1.66. The minimum atomic E-state index is -0.425. The van der Waals surface area contributed by atoms with Crippen molar-refractivity contribution >= 4 is 27.5 Å². The van der Waals surface area contributed by atoms with E-state index in [0.717, 1.165) is 11.6 Å². The first-order chi connectivity index (χ1) is 9.11. The number of amides is 1. The van der Waals surface area contributed by atoms with Gasteiger partial charge in [-0.1, -0.05) is 34.1 Å². The van der Waals surface area contributed by atoms with E-state index in [0.29, 0.717) is 11.0 Å². The molecule has 0 aromatic heterocycles. The van der Waals surface area contributed by atoms with E-state index in [1.165, 1.54) is 12.1 Å². The summed E-state index contributed by atoms with van der Waals surface area (Å²) in [6, 6.07) is 11.2. The summed E-state index contributed by atoms with van der Waals surface area (Å²) in [6.45, 7) is 0. The lowest BCUT2D eigenvalue weighted by atomic mass is 10.1. The van der Waals surface area contributed by atoms with Gasteiger partial charge in [-0.05, 0) is 23.8 Å². The highest BCUT2D eigenvalue weighted by Gasteiger charge is 2.13. The lowest BCUT2D eigenvalue weighted by molar-refractivity contribution is 0.102. The Kier molecular flexibility index (Phi) is 4.06. The fraction of sp³-hybridized carbons (Fsp3) is 0.0714. The van der Waals surface area contributed by atoms with Crippen molar-refractivity contribution in [1.82, 2.24) is 0 Å². The molecule has 4 nitrogen and oxygen atoms in total. The molecular formula is C14H12BrNO3. The zero-order valence-electron chi connectivity index (χ0n) is 9.93. The molecule has 0 aliphatic carbocycles. The summed E-state index contributed by atoms with van der Waals surface area (Å²) in [5.41, 5.74) is 1.73. The standard InChI is InChI=1S/C14H12BrNO3/c15-8-9-3-1-2-4-12(9)16-14(19)11-6-5-10(17)7-13(11)18/h1-7,17-18H,8H2,(H,16,19). The predicted molar refractivity (Wildman–Crippen MR) is 76.8 cm³/mol. The Hall–Kier alpha value is -2.01. The molecule has 5 heteroatoms. The van der Waals surface area contributed by atoms with Crippen molar-refractivity contribution in [2.24, 2.45) is 0 Å². The van der Waals surface area contributed by atoms with Crippen LogP contribution in [0.15, 0.2) is 42.5 Å². The summed E-state index contributed by atoms with van der Waals surface area (Å²) in [7, 11) is 0. The van der Waals surface area contributed by atoms with Gasteiger partial charge in [0.1, 0.15) is 11.5 Å². The Labute approximate surface area is 118 Å². The van der Waals surface area contributed by atoms with Crippen LogP contribution in [-0.4, -0.2) is 16.1 Å². The Morgan fingerprint density at radius 3 is 2.58 bits per heavy atom. The monoisotopic (exact) mass is 321 g/mol. The molecule has 0 fully saturated rings. The first-order valence-electron chi connectivity index (χ1n) is 5.59. The molecule has 98 valence electrons. The maximum atomic E-state index is 12.0. The Morgan fingerprint density at radius 2 is 1.89 bits per heavy atom. The van der Waals surface area contributed by atoms with Gasteiger partial charge in [-0.25, -0.2) is 0 Å². The Bertz CT molecular complexity index is 613. The van der Waals surface area contributed by atoms with Gasteiger partial charge in [0.05, 0.1) is 5.56 Å². The summed E-state index contributed by atoms with van der Waals surface area (Å²) in [5.74, 6) is -0.769. The molecule has 19 heavy (non-hydrogen) atoms. The first kappa shape index (κ1) is 13.4. The number of hydrogen-bond donors (Lipinski definition) is 3. The number of anilines is 1. The topological polar surface area (TPSA) is 69.6 Å². The van der Waals surface area contributed by atoms with E-state index in [-0.39, 0.29) is 17.1 Å². The van der Waals surface area contributed by atoms with Crippen LogP contribution in [0.5, 0.6) is 11.5 Å². The molecule has 2 aromatic rings. The lowest BCUT2D eigenvalue weighted by Gasteiger charge is -2.10. The van der Waals surface area contributed by atoms with Gasteiger partial charge in [0.25, 0.3) is 5.91 Å². The van der Waals surface area contributed by atoms with Crippen molar-refractivity contribution < 1.29 is 15.0 Å². The minimum Gasteiger partial charge on any atom is -0.508 e. The number of phenolic OH excluding ortho intramolecular Hbond substituents is 2. The van der Waals surface area contributed by atoms with Crippen molar-refractivity contribution in [2.75, 3.05) is 5.32 Å². The molecule has 3 N–H and O–H groups in total. The number of nitrogens with one attached hydrogen (secondary N) is 1. The number of aromatic hydroxyl groups is 2. The van der Waals surface area contributed by atoms with Crippen LogP contribution in [0.3, 0.4) is 0 Å². The largest absolute Gasteiger partial charge is 0.508 e. The van der Waals surface area contributed by atoms with E-state index in [9.17, 15) is 15.0 Å². The average molecular weight is 322 g/mol. The van der Waals surface area contributed by atoms with Crippen LogP contribution in [0.25, 0.3) is 0 Å². The summed E-state index contributed by atoms with van der Waals surface area (Å²) in [6.07, 6.45) is 0. The van der Waals surface area contributed by atoms with E-state index < -0.39 is 5.91 Å². The molecular weight excluding hydrogens is 310 g/mol. The molecule has 0 bridgehead atoms. The zero-order valence-corrected chi connectivity index (χ0v) is 11.5. The first-order valence-corrected chi connectivity index (χ1v) is 6.71. The van der Waals surface area contributed by atoms with Crippen LogP contribution >= 0.6 is 15.9 Å². The van der Waals surface area contributed by atoms with Crippen LogP contribution in [0, 0.1) is 0 Å². The predicted octanol–water partition coefficient (Wildman–Crippen LogP) is 3.25. The summed E-state index contributed by atoms with van der Waals surface area (Å²) < 4.78 is 0. The second-order valence-electron chi connectivity index (χ2n) is 3.95. The molecule has 2 aromatic carbocycles. The van der Waals surface area contributed by atoms with E-state index >= 15 is 0 Å². The SMILES string of the molecule is O=C(Nc1ccccc1CBr)c1ccc(O)cc1O. The van der Waals surface area contributed by atoms with E-state index in [1.807, 2.05) is 18.2 Å². The molecule has 0 atom stereocenters. The summed E-state index contributed by atoms with van der Waals surface area (Å²) >= 11 is 3.34. The van der Waals surface area contributed by atoms with Gasteiger partial charge >= 0.3 is 0 Å². The molecule has 0 saturated heterocycles. The quantitative estimate of drug-likeness (QED) is 0.760. The maximum absolute atomic E-state index is 12.0. The van der Waals surface area contributed by atoms with Crippen LogP contribution in [0.2, 0.25) is 0 Å². The minimum absolute atomic E-state index is 0.0880. The number of carbonyl (C=O) groups is 1. The molecule has 0 aliphatic rings.